The quantitative estimate of drug-likeness (QED) is 0.472. The van der Waals surface area contributed by atoms with Crippen LogP contribution in [0, 0.1) is 6.92 Å². The van der Waals surface area contributed by atoms with E-state index in [1.165, 1.54) is 23.3 Å². The van der Waals surface area contributed by atoms with E-state index in [4.69, 9.17) is 23.2 Å². The number of thiazole rings is 1. The number of carbonyl (C=O) groups is 1. The maximum absolute atomic E-state index is 12.3. The Morgan fingerprint density at radius 1 is 1.19 bits per heavy atom. The van der Waals surface area contributed by atoms with Gasteiger partial charge in [0, 0.05) is 16.8 Å². The molecule has 1 amide bonds. The predicted molar refractivity (Wildman–Crippen MR) is 117 cm³/mol. The topological polar surface area (TPSA) is 45.2 Å². The van der Waals surface area contributed by atoms with E-state index in [-0.39, 0.29) is 5.91 Å². The van der Waals surface area contributed by atoms with Gasteiger partial charge in [0.25, 0.3) is 5.91 Å². The standard InChI is InChI=1S/C19H17Cl2N3OS2/c1-12-17(18(25)23-26-2)22-19(27-12)24(11-13-6-4-3-5-7-13)14-8-9-15(20)16(21)10-14/h3-10H,11H2,1-2H3,(H,23,25). The Labute approximate surface area is 176 Å². The van der Waals surface area contributed by atoms with E-state index in [0.717, 1.165) is 21.3 Å². The lowest BCUT2D eigenvalue weighted by Gasteiger charge is -2.22. The Hall–Kier alpha value is -1.73. The molecule has 0 saturated heterocycles. The summed E-state index contributed by atoms with van der Waals surface area (Å²) in [5, 5.41) is 1.69. The number of aromatic nitrogens is 1. The van der Waals surface area contributed by atoms with Crippen LogP contribution in [0.25, 0.3) is 0 Å². The fourth-order valence-electron chi connectivity index (χ4n) is 2.54. The number of rotatable bonds is 6. The number of aryl methyl sites for hydroxylation is 1. The van der Waals surface area contributed by atoms with E-state index in [1.54, 1.807) is 12.3 Å². The van der Waals surface area contributed by atoms with Crippen LogP contribution in [0.15, 0.2) is 48.5 Å². The van der Waals surface area contributed by atoms with Crippen molar-refractivity contribution in [2.75, 3.05) is 11.2 Å². The minimum Gasteiger partial charge on any atom is -0.313 e. The van der Waals surface area contributed by atoms with Crippen LogP contribution in [0.5, 0.6) is 0 Å². The van der Waals surface area contributed by atoms with Crippen LogP contribution in [0.2, 0.25) is 10.0 Å². The summed E-state index contributed by atoms with van der Waals surface area (Å²) in [4.78, 5) is 19.7. The van der Waals surface area contributed by atoms with Gasteiger partial charge in [-0.1, -0.05) is 65.5 Å². The van der Waals surface area contributed by atoms with Crippen molar-refractivity contribution in [3.8, 4) is 0 Å². The van der Waals surface area contributed by atoms with Crippen LogP contribution in [0.1, 0.15) is 20.9 Å². The number of benzene rings is 2. The van der Waals surface area contributed by atoms with Crippen molar-refractivity contribution in [2.45, 2.75) is 13.5 Å². The highest BCUT2D eigenvalue weighted by atomic mass is 35.5. The molecule has 1 heterocycles. The predicted octanol–water partition coefficient (Wildman–Crippen LogP) is 6.10. The van der Waals surface area contributed by atoms with Crippen molar-refractivity contribution in [3.63, 3.8) is 0 Å². The van der Waals surface area contributed by atoms with Crippen molar-refractivity contribution < 1.29 is 4.79 Å². The first kappa shape index (κ1) is 20.0. The number of nitrogens with one attached hydrogen (secondary N) is 1. The molecule has 8 heteroatoms. The number of nitrogens with zero attached hydrogens (tertiary/aromatic N) is 2. The highest BCUT2D eigenvalue weighted by molar-refractivity contribution is 7.97. The highest BCUT2D eigenvalue weighted by Crippen LogP contribution is 2.36. The number of amides is 1. The lowest BCUT2D eigenvalue weighted by atomic mass is 10.2. The summed E-state index contributed by atoms with van der Waals surface area (Å²) >= 11 is 15.0. The zero-order valence-electron chi connectivity index (χ0n) is 14.7. The first-order valence-electron chi connectivity index (χ1n) is 8.07. The normalized spacial score (nSPS) is 10.7. The average Bonchev–Trinajstić information content (AvgIpc) is 3.05. The van der Waals surface area contributed by atoms with E-state index in [9.17, 15) is 4.79 Å². The van der Waals surface area contributed by atoms with Crippen LogP contribution in [0.4, 0.5) is 10.8 Å². The molecule has 0 saturated carbocycles. The lowest BCUT2D eigenvalue weighted by molar-refractivity contribution is 0.0980. The molecule has 0 spiro atoms. The first-order valence-corrected chi connectivity index (χ1v) is 10.9. The molecule has 0 aliphatic carbocycles. The Morgan fingerprint density at radius 2 is 1.93 bits per heavy atom. The second-order valence-corrected chi connectivity index (χ2v) is 8.32. The van der Waals surface area contributed by atoms with E-state index in [2.05, 4.69) is 9.71 Å². The van der Waals surface area contributed by atoms with E-state index in [1.807, 2.05) is 54.3 Å². The molecule has 0 aliphatic rings. The third-order valence-electron chi connectivity index (χ3n) is 3.82. The Kier molecular flexibility index (Phi) is 6.65. The fraction of sp³-hybridized carbons (Fsp3) is 0.158. The molecule has 0 aliphatic heterocycles. The van der Waals surface area contributed by atoms with E-state index >= 15 is 0 Å². The first-order chi connectivity index (χ1) is 13.0. The molecule has 0 bridgehead atoms. The van der Waals surface area contributed by atoms with Crippen LogP contribution < -0.4 is 9.62 Å². The average molecular weight is 438 g/mol. The molecule has 1 N–H and O–H groups in total. The number of anilines is 2. The van der Waals surface area contributed by atoms with Gasteiger partial charge in [-0.2, -0.15) is 0 Å². The summed E-state index contributed by atoms with van der Waals surface area (Å²) in [6, 6.07) is 15.5. The van der Waals surface area contributed by atoms with Crippen molar-refractivity contribution in [1.29, 1.82) is 0 Å². The van der Waals surface area contributed by atoms with Gasteiger partial charge in [-0.05, 0) is 30.7 Å². The molecular formula is C19H17Cl2N3OS2. The molecule has 1 aromatic heterocycles. The molecule has 2 aromatic carbocycles. The molecule has 3 rings (SSSR count). The van der Waals surface area contributed by atoms with Gasteiger partial charge in [0.15, 0.2) is 5.13 Å². The highest BCUT2D eigenvalue weighted by Gasteiger charge is 2.21. The van der Waals surface area contributed by atoms with Gasteiger partial charge in [-0.3, -0.25) is 9.52 Å². The Morgan fingerprint density at radius 3 is 2.59 bits per heavy atom. The van der Waals surface area contributed by atoms with E-state index in [0.29, 0.717) is 22.3 Å². The van der Waals surface area contributed by atoms with Crippen molar-refractivity contribution >= 4 is 63.2 Å². The summed E-state index contributed by atoms with van der Waals surface area (Å²) in [6.07, 6.45) is 1.80. The molecular weight excluding hydrogens is 421 g/mol. The maximum atomic E-state index is 12.3. The monoisotopic (exact) mass is 437 g/mol. The van der Waals surface area contributed by atoms with Crippen LogP contribution >= 0.6 is 46.5 Å². The molecule has 4 nitrogen and oxygen atoms in total. The number of halogens is 2. The third kappa shape index (κ3) is 4.76. The maximum Gasteiger partial charge on any atom is 0.280 e. The van der Waals surface area contributed by atoms with Gasteiger partial charge in [-0.15, -0.1) is 11.3 Å². The lowest BCUT2D eigenvalue weighted by Crippen LogP contribution is -2.19. The molecule has 0 fully saturated rings. The minimum atomic E-state index is -0.198. The molecule has 27 heavy (non-hydrogen) atoms. The third-order valence-corrected chi connectivity index (χ3v) is 5.95. The van der Waals surface area contributed by atoms with Crippen LogP contribution in [-0.2, 0) is 6.54 Å². The number of carbonyl (C=O) groups excluding carboxylic acids is 1. The van der Waals surface area contributed by atoms with Crippen LogP contribution in [-0.4, -0.2) is 17.1 Å². The number of hydrogen-bond acceptors (Lipinski definition) is 5. The SMILES string of the molecule is CSNC(=O)c1nc(N(Cc2ccccc2)c2ccc(Cl)c(Cl)c2)sc1C. The van der Waals surface area contributed by atoms with Gasteiger partial charge in [0.05, 0.1) is 16.6 Å². The minimum absolute atomic E-state index is 0.198. The Balaban J connectivity index is 2.03. The summed E-state index contributed by atoms with van der Waals surface area (Å²) < 4.78 is 2.73. The van der Waals surface area contributed by atoms with Gasteiger partial charge >= 0.3 is 0 Å². The van der Waals surface area contributed by atoms with Gasteiger partial charge < -0.3 is 4.90 Å². The smallest absolute Gasteiger partial charge is 0.280 e. The second-order valence-electron chi connectivity index (χ2n) is 5.71. The van der Waals surface area contributed by atoms with Crippen molar-refractivity contribution in [2.24, 2.45) is 0 Å². The molecule has 140 valence electrons. The largest absolute Gasteiger partial charge is 0.313 e. The fourth-order valence-corrected chi connectivity index (χ4v) is 4.04. The van der Waals surface area contributed by atoms with Gasteiger partial charge in [-0.25, -0.2) is 4.98 Å². The van der Waals surface area contributed by atoms with Gasteiger partial charge in [0.2, 0.25) is 0 Å². The molecule has 3 aromatic rings. The molecule has 0 atom stereocenters. The summed E-state index contributed by atoms with van der Waals surface area (Å²) in [6.45, 7) is 2.49. The number of hydrogen-bond donors (Lipinski definition) is 1. The van der Waals surface area contributed by atoms with E-state index < -0.39 is 0 Å². The molecule has 0 unspecified atom stereocenters. The van der Waals surface area contributed by atoms with Gasteiger partial charge in [0.1, 0.15) is 5.69 Å². The zero-order chi connectivity index (χ0) is 19.4. The van der Waals surface area contributed by atoms with Crippen molar-refractivity contribution in [3.05, 3.63) is 74.7 Å². The zero-order valence-corrected chi connectivity index (χ0v) is 17.8. The summed E-state index contributed by atoms with van der Waals surface area (Å²) in [5.41, 5.74) is 2.41. The second kappa shape index (κ2) is 8.97. The summed E-state index contributed by atoms with van der Waals surface area (Å²) in [7, 11) is 0. The Bertz CT molecular complexity index is 947. The van der Waals surface area contributed by atoms with Crippen molar-refractivity contribution in [1.82, 2.24) is 9.71 Å². The molecule has 0 radical (unpaired) electrons. The van der Waals surface area contributed by atoms with Crippen LogP contribution in [0.3, 0.4) is 0 Å². The summed E-state index contributed by atoms with van der Waals surface area (Å²) in [5.74, 6) is -0.198.